The van der Waals surface area contributed by atoms with Crippen molar-refractivity contribution in [1.82, 2.24) is 15.1 Å². The van der Waals surface area contributed by atoms with Crippen molar-refractivity contribution >= 4 is 17.2 Å². The minimum Gasteiger partial charge on any atom is -0.433 e. The van der Waals surface area contributed by atoms with Crippen LogP contribution in [0.2, 0.25) is 0 Å². The minimum absolute atomic E-state index is 0.0914. The minimum atomic E-state index is -2.94. The van der Waals surface area contributed by atoms with Crippen molar-refractivity contribution in [2.75, 3.05) is 6.54 Å². The molecule has 0 bridgehead atoms. The van der Waals surface area contributed by atoms with E-state index in [-0.39, 0.29) is 10.6 Å². The summed E-state index contributed by atoms with van der Waals surface area (Å²) >= 11 is 1.07. The number of rotatable bonds is 6. The average Bonchev–Trinajstić information content (AvgIpc) is 2.97. The fourth-order valence-electron chi connectivity index (χ4n) is 2.21. The molecular formula is C14H17F2N3O2S. The Morgan fingerprint density at radius 1 is 1.50 bits per heavy atom. The summed E-state index contributed by atoms with van der Waals surface area (Å²) in [5.41, 5.74) is 3.05. The third-order valence-electron chi connectivity index (χ3n) is 3.37. The van der Waals surface area contributed by atoms with Gasteiger partial charge in [0.05, 0.1) is 5.69 Å². The van der Waals surface area contributed by atoms with Gasteiger partial charge in [-0.05, 0) is 37.3 Å². The summed E-state index contributed by atoms with van der Waals surface area (Å²) in [5.74, 6) is -0.504. The lowest BCUT2D eigenvalue weighted by molar-refractivity contribution is -0.0498. The Hall–Kier alpha value is -1.96. The highest BCUT2D eigenvalue weighted by atomic mass is 32.1. The third kappa shape index (κ3) is 3.62. The van der Waals surface area contributed by atoms with E-state index in [1.54, 1.807) is 10.1 Å². The molecule has 8 heteroatoms. The van der Waals surface area contributed by atoms with Crippen molar-refractivity contribution in [2.24, 2.45) is 7.05 Å². The molecule has 5 nitrogen and oxygen atoms in total. The Balaban J connectivity index is 1.95. The molecule has 1 N–H and O–H groups in total. The van der Waals surface area contributed by atoms with Gasteiger partial charge in [0.15, 0.2) is 0 Å². The lowest BCUT2D eigenvalue weighted by atomic mass is 10.1. The fraction of sp³-hybridized carbons (Fsp3) is 0.429. The number of ether oxygens (including phenoxy) is 1. The molecule has 0 fully saturated rings. The van der Waals surface area contributed by atoms with Crippen LogP contribution < -0.4 is 10.1 Å². The van der Waals surface area contributed by atoms with E-state index in [1.807, 2.05) is 20.9 Å². The van der Waals surface area contributed by atoms with Crippen molar-refractivity contribution in [3.63, 3.8) is 0 Å². The van der Waals surface area contributed by atoms with Gasteiger partial charge in [-0.15, -0.1) is 11.3 Å². The monoisotopic (exact) mass is 329 g/mol. The molecule has 22 heavy (non-hydrogen) atoms. The van der Waals surface area contributed by atoms with Crippen molar-refractivity contribution in [1.29, 1.82) is 0 Å². The van der Waals surface area contributed by atoms with E-state index in [4.69, 9.17) is 0 Å². The maximum absolute atomic E-state index is 12.2. The number of aromatic nitrogens is 2. The van der Waals surface area contributed by atoms with Crippen LogP contribution in [0.25, 0.3) is 0 Å². The van der Waals surface area contributed by atoms with Gasteiger partial charge in [0.1, 0.15) is 10.6 Å². The molecule has 2 aromatic rings. The summed E-state index contributed by atoms with van der Waals surface area (Å²) in [6.45, 7) is 1.34. The molecule has 120 valence electrons. The first kappa shape index (κ1) is 16.4. The first-order valence-electron chi connectivity index (χ1n) is 6.69. The van der Waals surface area contributed by atoms with Gasteiger partial charge in [-0.3, -0.25) is 9.48 Å². The van der Waals surface area contributed by atoms with E-state index in [1.165, 1.54) is 6.07 Å². The van der Waals surface area contributed by atoms with E-state index in [0.29, 0.717) is 13.0 Å². The molecule has 2 heterocycles. The Morgan fingerprint density at radius 3 is 2.82 bits per heavy atom. The highest BCUT2D eigenvalue weighted by Gasteiger charge is 2.17. The van der Waals surface area contributed by atoms with E-state index >= 15 is 0 Å². The molecule has 0 unspecified atom stereocenters. The highest BCUT2D eigenvalue weighted by molar-refractivity contribution is 7.12. The van der Waals surface area contributed by atoms with Crippen LogP contribution in [0.15, 0.2) is 11.4 Å². The molecular weight excluding hydrogens is 312 g/mol. The molecule has 0 saturated heterocycles. The molecule has 2 rings (SSSR count). The Bertz CT molecular complexity index is 667. The summed E-state index contributed by atoms with van der Waals surface area (Å²) in [6, 6.07) is 1.36. The van der Waals surface area contributed by atoms with Crippen molar-refractivity contribution < 1.29 is 18.3 Å². The molecule has 0 aliphatic rings. The van der Waals surface area contributed by atoms with Gasteiger partial charge in [-0.25, -0.2) is 0 Å². The topological polar surface area (TPSA) is 56.2 Å². The largest absolute Gasteiger partial charge is 0.433 e. The summed E-state index contributed by atoms with van der Waals surface area (Å²) < 4.78 is 30.6. The van der Waals surface area contributed by atoms with Crippen LogP contribution in [0.5, 0.6) is 5.75 Å². The Labute approximate surface area is 130 Å². The first-order valence-corrected chi connectivity index (χ1v) is 7.57. The van der Waals surface area contributed by atoms with Gasteiger partial charge >= 0.3 is 6.61 Å². The number of alkyl halides is 2. The summed E-state index contributed by atoms with van der Waals surface area (Å²) in [5, 5.41) is 8.57. The van der Waals surface area contributed by atoms with Crippen LogP contribution in [0.4, 0.5) is 8.78 Å². The second-order valence-corrected chi connectivity index (χ2v) is 5.69. The highest BCUT2D eigenvalue weighted by Crippen LogP contribution is 2.26. The summed E-state index contributed by atoms with van der Waals surface area (Å²) in [4.78, 5) is 12.2. The third-order valence-corrected chi connectivity index (χ3v) is 4.27. The normalized spacial score (nSPS) is 11.0. The number of hydrogen-bond acceptors (Lipinski definition) is 4. The molecule has 0 atom stereocenters. The van der Waals surface area contributed by atoms with Gasteiger partial charge in [-0.2, -0.15) is 13.9 Å². The maximum atomic E-state index is 12.2. The molecule has 0 saturated carbocycles. The number of carbonyl (C=O) groups excluding carboxylic acids is 1. The Kier molecular flexibility index (Phi) is 5.12. The molecule has 0 aromatic carbocycles. The number of halogens is 2. The summed E-state index contributed by atoms with van der Waals surface area (Å²) in [7, 11) is 1.87. The molecule has 0 spiro atoms. The van der Waals surface area contributed by atoms with Crippen molar-refractivity contribution in [2.45, 2.75) is 26.9 Å². The quantitative estimate of drug-likeness (QED) is 0.886. The van der Waals surface area contributed by atoms with Gasteiger partial charge in [0.2, 0.25) is 0 Å². The second-order valence-electron chi connectivity index (χ2n) is 4.77. The molecule has 1 amide bonds. The number of nitrogens with one attached hydrogen (secondary N) is 1. The van der Waals surface area contributed by atoms with E-state index in [9.17, 15) is 13.6 Å². The number of carbonyl (C=O) groups is 1. The van der Waals surface area contributed by atoms with Crippen LogP contribution in [0.3, 0.4) is 0 Å². The number of thiophene rings is 1. The maximum Gasteiger partial charge on any atom is 0.387 e. The lowest BCUT2D eigenvalue weighted by Gasteiger charge is -2.07. The molecule has 0 aliphatic heterocycles. The zero-order valence-corrected chi connectivity index (χ0v) is 13.3. The number of nitrogens with zero attached hydrogens (tertiary/aromatic N) is 2. The average molecular weight is 329 g/mol. The van der Waals surface area contributed by atoms with Crippen LogP contribution in [0, 0.1) is 13.8 Å². The number of hydrogen-bond donors (Lipinski definition) is 1. The van der Waals surface area contributed by atoms with E-state index in [0.717, 1.165) is 28.3 Å². The summed E-state index contributed by atoms with van der Waals surface area (Å²) in [6.07, 6.45) is 0.633. The fourth-order valence-corrected chi connectivity index (χ4v) is 2.95. The SMILES string of the molecule is Cc1nn(C)c(C)c1CCNC(=O)c1sccc1OC(F)F. The number of aryl methyl sites for hydroxylation is 2. The Morgan fingerprint density at radius 2 is 2.23 bits per heavy atom. The van der Waals surface area contributed by atoms with Crippen LogP contribution in [-0.2, 0) is 13.5 Å². The smallest absolute Gasteiger partial charge is 0.387 e. The van der Waals surface area contributed by atoms with Crippen molar-refractivity contribution in [3.8, 4) is 5.75 Å². The second kappa shape index (κ2) is 6.87. The predicted molar refractivity (Wildman–Crippen MR) is 79.7 cm³/mol. The number of amides is 1. The van der Waals surface area contributed by atoms with Crippen LogP contribution in [-0.4, -0.2) is 28.8 Å². The molecule has 2 aromatic heterocycles. The molecule has 0 aliphatic carbocycles. The van der Waals surface area contributed by atoms with Crippen LogP contribution >= 0.6 is 11.3 Å². The van der Waals surface area contributed by atoms with Gasteiger partial charge in [-0.1, -0.05) is 0 Å². The van der Waals surface area contributed by atoms with E-state index in [2.05, 4.69) is 15.2 Å². The van der Waals surface area contributed by atoms with E-state index < -0.39 is 12.5 Å². The van der Waals surface area contributed by atoms with Gasteiger partial charge in [0.25, 0.3) is 5.91 Å². The van der Waals surface area contributed by atoms with Crippen molar-refractivity contribution in [3.05, 3.63) is 33.3 Å². The predicted octanol–water partition coefficient (Wildman–Crippen LogP) is 2.67. The lowest BCUT2D eigenvalue weighted by Crippen LogP contribution is -2.25. The zero-order valence-electron chi connectivity index (χ0n) is 12.5. The molecule has 0 radical (unpaired) electrons. The zero-order chi connectivity index (χ0) is 16.3. The van der Waals surface area contributed by atoms with Gasteiger partial charge < -0.3 is 10.1 Å². The first-order chi connectivity index (χ1) is 10.4. The van der Waals surface area contributed by atoms with Crippen LogP contribution in [0.1, 0.15) is 26.6 Å². The standard InChI is InChI=1S/C14H17F2N3O2S/c1-8-10(9(2)19(3)18-8)4-6-17-13(20)12-11(5-7-22-12)21-14(15)16/h5,7,14H,4,6H2,1-3H3,(H,17,20). The van der Waals surface area contributed by atoms with Gasteiger partial charge in [0, 0.05) is 19.3 Å².